The van der Waals surface area contributed by atoms with E-state index in [2.05, 4.69) is 18.8 Å². The third-order valence-electron chi connectivity index (χ3n) is 4.63. The first-order chi connectivity index (χ1) is 14.7. The van der Waals surface area contributed by atoms with Crippen molar-refractivity contribution in [2.24, 2.45) is 0 Å². The Morgan fingerprint density at radius 3 is 2.23 bits per heavy atom. The zero-order valence-corrected chi connectivity index (χ0v) is 17.4. The summed E-state index contributed by atoms with van der Waals surface area (Å²) in [4.78, 5) is 11.6. The van der Waals surface area contributed by atoms with E-state index >= 15 is 0 Å². The molecule has 0 amide bonds. The van der Waals surface area contributed by atoms with Gasteiger partial charge in [0.15, 0.2) is 6.29 Å². The van der Waals surface area contributed by atoms with Gasteiger partial charge in [0, 0.05) is 17.5 Å². The summed E-state index contributed by atoms with van der Waals surface area (Å²) in [5, 5.41) is 0. The molecule has 0 aliphatic carbocycles. The van der Waals surface area contributed by atoms with E-state index in [1.54, 1.807) is 12.1 Å². The molecule has 1 heterocycles. The summed E-state index contributed by atoms with van der Waals surface area (Å²) in [6.07, 6.45) is 5.30. The first-order valence-corrected chi connectivity index (χ1v) is 10.6. The van der Waals surface area contributed by atoms with Gasteiger partial charge in [-0.1, -0.05) is 31.6 Å². The second-order valence-electron chi connectivity index (χ2n) is 7.12. The van der Waals surface area contributed by atoms with Gasteiger partial charge in [-0.3, -0.25) is 0 Å². The minimum atomic E-state index is -0.675. The van der Waals surface area contributed by atoms with Gasteiger partial charge in [-0.25, -0.2) is 4.79 Å². The van der Waals surface area contributed by atoms with Crippen molar-refractivity contribution >= 4 is 6.16 Å². The van der Waals surface area contributed by atoms with E-state index < -0.39 is 6.16 Å². The van der Waals surface area contributed by atoms with Crippen molar-refractivity contribution in [3.8, 4) is 23.3 Å². The van der Waals surface area contributed by atoms with Crippen LogP contribution in [0.5, 0.6) is 11.5 Å². The number of carbonyl (C=O) groups is 1. The molecular formula is C25H28O5. The van der Waals surface area contributed by atoms with E-state index in [0.29, 0.717) is 12.4 Å². The van der Waals surface area contributed by atoms with Crippen LogP contribution < -0.4 is 9.47 Å². The van der Waals surface area contributed by atoms with Gasteiger partial charge in [-0.2, -0.15) is 0 Å². The van der Waals surface area contributed by atoms with Gasteiger partial charge < -0.3 is 18.9 Å². The van der Waals surface area contributed by atoms with Gasteiger partial charge in [0.05, 0.1) is 13.2 Å². The Balaban J connectivity index is 1.48. The summed E-state index contributed by atoms with van der Waals surface area (Å²) in [7, 11) is 0. The number of benzene rings is 2. The lowest BCUT2D eigenvalue weighted by Crippen LogP contribution is -2.24. The van der Waals surface area contributed by atoms with E-state index in [4.69, 9.17) is 18.9 Å². The summed E-state index contributed by atoms with van der Waals surface area (Å²) in [5.74, 6) is 7.45. The van der Waals surface area contributed by atoms with Crippen LogP contribution in [0.4, 0.5) is 4.79 Å². The summed E-state index contributed by atoms with van der Waals surface area (Å²) in [6, 6.07) is 14.7. The molecule has 3 rings (SSSR count). The summed E-state index contributed by atoms with van der Waals surface area (Å²) in [5.41, 5.74) is 1.72. The maximum Gasteiger partial charge on any atom is 0.513 e. The van der Waals surface area contributed by atoms with Gasteiger partial charge in [0.1, 0.15) is 11.5 Å². The van der Waals surface area contributed by atoms with Crippen LogP contribution >= 0.6 is 0 Å². The number of carbonyl (C=O) groups excluding carboxylic acids is 1. The Labute approximate surface area is 178 Å². The molecule has 0 aromatic heterocycles. The van der Waals surface area contributed by atoms with Gasteiger partial charge in [0.25, 0.3) is 0 Å². The fourth-order valence-electron chi connectivity index (χ4n) is 2.96. The van der Waals surface area contributed by atoms with Crippen LogP contribution in [0.3, 0.4) is 0 Å². The zero-order valence-electron chi connectivity index (χ0n) is 17.4. The lowest BCUT2D eigenvalue weighted by molar-refractivity contribution is -0.105. The van der Waals surface area contributed by atoms with Crippen molar-refractivity contribution in [3.05, 3.63) is 59.7 Å². The molecule has 0 bridgehead atoms. The van der Waals surface area contributed by atoms with Crippen molar-refractivity contribution in [3.63, 3.8) is 0 Å². The molecule has 1 atom stereocenters. The quantitative estimate of drug-likeness (QED) is 0.255. The van der Waals surface area contributed by atoms with Crippen molar-refractivity contribution < 1.29 is 23.7 Å². The molecule has 2 aromatic carbocycles. The lowest BCUT2D eigenvalue weighted by Gasteiger charge is -2.23. The molecule has 5 nitrogen and oxygen atoms in total. The first kappa shape index (κ1) is 21.7. The molecular weight excluding hydrogens is 380 g/mol. The van der Waals surface area contributed by atoms with Crippen molar-refractivity contribution in [1.29, 1.82) is 0 Å². The standard InChI is InChI=1S/C25H28O5/c1-2-3-5-19-28-25(26)30-23-16-12-21(13-17-23)9-8-20-10-14-22(15-11-20)29-24-7-4-6-18-27-24/h10-17,24H,2-7,18-19H2,1H3. The molecule has 158 valence electrons. The van der Waals surface area contributed by atoms with Gasteiger partial charge in [-0.15, -0.1) is 0 Å². The smallest absolute Gasteiger partial charge is 0.465 e. The van der Waals surface area contributed by atoms with Gasteiger partial charge in [-0.05, 0) is 67.8 Å². The van der Waals surface area contributed by atoms with Gasteiger partial charge in [0.2, 0.25) is 0 Å². The number of unbranched alkanes of at least 4 members (excludes halogenated alkanes) is 2. The third kappa shape index (κ3) is 7.46. The Morgan fingerprint density at radius 1 is 0.967 bits per heavy atom. The van der Waals surface area contributed by atoms with Crippen LogP contribution in [0.1, 0.15) is 56.6 Å². The molecule has 1 fully saturated rings. The van der Waals surface area contributed by atoms with Crippen LogP contribution in [0.15, 0.2) is 48.5 Å². The van der Waals surface area contributed by atoms with Crippen LogP contribution in [0.2, 0.25) is 0 Å². The maximum atomic E-state index is 11.6. The van der Waals surface area contributed by atoms with Gasteiger partial charge >= 0.3 is 6.16 Å². The predicted octanol–water partition coefficient (Wildman–Crippen LogP) is 5.70. The largest absolute Gasteiger partial charge is 0.513 e. The summed E-state index contributed by atoms with van der Waals surface area (Å²) >= 11 is 0. The highest BCUT2D eigenvalue weighted by Gasteiger charge is 2.14. The highest BCUT2D eigenvalue weighted by atomic mass is 16.7. The molecule has 1 unspecified atom stereocenters. The maximum absolute atomic E-state index is 11.6. The number of rotatable bonds is 7. The Hall–Kier alpha value is -2.97. The van der Waals surface area contributed by atoms with Crippen molar-refractivity contribution in [2.45, 2.75) is 51.7 Å². The molecule has 1 aliphatic rings. The second-order valence-corrected chi connectivity index (χ2v) is 7.12. The molecule has 30 heavy (non-hydrogen) atoms. The lowest BCUT2D eigenvalue weighted by atomic mass is 10.1. The number of ether oxygens (including phenoxy) is 4. The number of hydrogen-bond acceptors (Lipinski definition) is 5. The van der Waals surface area contributed by atoms with E-state index in [0.717, 1.165) is 62.0 Å². The highest BCUT2D eigenvalue weighted by molar-refractivity contribution is 5.63. The Morgan fingerprint density at radius 2 is 1.63 bits per heavy atom. The fraction of sp³-hybridized carbons (Fsp3) is 0.400. The molecule has 2 aromatic rings. The third-order valence-corrected chi connectivity index (χ3v) is 4.63. The fourth-order valence-corrected chi connectivity index (χ4v) is 2.96. The molecule has 1 aliphatic heterocycles. The van der Waals surface area contributed by atoms with E-state index in [1.165, 1.54) is 0 Å². The minimum Gasteiger partial charge on any atom is -0.465 e. The minimum absolute atomic E-state index is 0.148. The number of hydrogen-bond donors (Lipinski definition) is 0. The van der Waals surface area contributed by atoms with Crippen LogP contribution in [0, 0.1) is 11.8 Å². The van der Waals surface area contributed by atoms with Crippen molar-refractivity contribution in [2.75, 3.05) is 13.2 Å². The highest BCUT2D eigenvalue weighted by Crippen LogP contribution is 2.19. The summed E-state index contributed by atoms with van der Waals surface area (Å²) < 4.78 is 21.6. The average Bonchev–Trinajstić information content (AvgIpc) is 2.78. The predicted molar refractivity (Wildman–Crippen MR) is 115 cm³/mol. The molecule has 5 heteroatoms. The normalized spacial score (nSPS) is 15.6. The SMILES string of the molecule is CCCCCOC(=O)Oc1ccc(C#Cc2ccc(OC3CCCCO3)cc2)cc1. The first-order valence-electron chi connectivity index (χ1n) is 10.6. The molecule has 0 N–H and O–H groups in total. The topological polar surface area (TPSA) is 54.0 Å². The van der Waals surface area contributed by atoms with E-state index in [-0.39, 0.29) is 6.29 Å². The van der Waals surface area contributed by atoms with Crippen LogP contribution in [0.25, 0.3) is 0 Å². The summed E-state index contributed by atoms with van der Waals surface area (Å²) in [6.45, 7) is 3.24. The molecule has 0 saturated carbocycles. The Bertz CT molecular complexity index is 840. The second kappa shape index (κ2) is 11.9. The van der Waals surface area contributed by atoms with E-state index in [1.807, 2.05) is 36.4 Å². The van der Waals surface area contributed by atoms with Crippen molar-refractivity contribution in [1.82, 2.24) is 0 Å². The zero-order chi connectivity index (χ0) is 21.0. The Kier molecular flexibility index (Phi) is 8.62. The average molecular weight is 408 g/mol. The molecule has 0 radical (unpaired) electrons. The van der Waals surface area contributed by atoms with Crippen LogP contribution in [-0.2, 0) is 9.47 Å². The van der Waals surface area contributed by atoms with E-state index in [9.17, 15) is 4.79 Å². The monoisotopic (exact) mass is 408 g/mol. The molecule has 0 spiro atoms. The molecule has 1 saturated heterocycles. The van der Waals surface area contributed by atoms with Crippen LogP contribution in [-0.4, -0.2) is 25.7 Å².